The molecule has 2 aromatic heterocycles. The van der Waals surface area contributed by atoms with E-state index in [2.05, 4.69) is 5.10 Å². The molecule has 2 saturated heterocycles. The molecule has 0 radical (unpaired) electrons. The van der Waals surface area contributed by atoms with Crippen LogP contribution in [0.15, 0.2) is 47.5 Å². The molecular formula is C26H30F3N5O3S. The summed E-state index contributed by atoms with van der Waals surface area (Å²) in [7, 11) is 0.0999. The molecule has 0 aliphatic carbocycles. The van der Waals surface area contributed by atoms with Crippen LogP contribution in [0.3, 0.4) is 0 Å². The number of anilines is 1. The highest BCUT2D eigenvalue weighted by atomic mass is 32.2. The standard InChI is InChI=1S/C26H30F3N5O3S/c1-31(2)20-5-7-21(8-6-20)38(36,37)33-14-9-18(10-15-33)19-11-16-34-22(17-19)23(24(30-34)26(27,28)29)25(35)32-12-3-4-13-32/h5-8,11,16-18H,3-4,9-10,12-15H2,1-2H3. The Morgan fingerprint density at radius 3 is 2.21 bits per heavy atom. The summed E-state index contributed by atoms with van der Waals surface area (Å²) in [5.74, 6) is -0.704. The number of amides is 1. The van der Waals surface area contributed by atoms with Gasteiger partial charge in [0.15, 0.2) is 5.69 Å². The fraction of sp³-hybridized carbons (Fsp3) is 0.462. The van der Waals surface area contributed by atoms with Crippen LogP contribution >= 0.6 is 0 Å². The molecule has 3 aromatic rings. The van der Waals surface area contributed by atoms with Crippen molar-refractivity contribution in [2.45, 2.75) is 42.7 Å². The van der Waals surface area contributed by atoms with E-state index in [1.807, 2.05) is 19.0 Å². The number of hydrogen-bond acceptors (Lipinski definition) is 5. The highest BCUT2D eigenvalue weighted by molar-refractivity contribution is 7.89. The van der Waals surface area contributed by atoms with Crippen molar-refractivity contribution in [2.75, 3.05) is 45.2 Å². The van der Waals surface area contributed by atoms with Crippen LogP contribution in [0.4, 0.5) is 18.9 Å². The first-order valence-electron chi connectivity index (χ1n) is 12.6. The predicted molar refractivity (Wildman–Crippen MR) is 137 cm³/mol. The van der Waals surface area contributed by atoms with E-state index in [1.165, 1.54) is 15.4 Å². The largest absolute Gasteiger partial charge is 0.436 e. The monoisotopic (exact) mass is 549 g/mol. The van der Waals surface area contributed by atoms with Crippen molar-refractivity contribution in [1.29, 1.82) is 0 Å². The number of carbonyl (C=O) groups excluding carboxylic acids is 1. The molecule has 12 heteroatoms. The maximum absolute atomic E-state index is 13.8. The van der Waals surface area contributed by atoms with Gasteiger partial charge in [0, 0.05) is 52.2 Å². The highest BCUT2D eigenvalue weighted by Crippen LogP contribution is 2.37. The molecule has 204 valence electrons. The lowest BCUT2D eigenvalue weighted by atomic mass is 9.90. The zero-order chi connectivity index (χ0) is 27.2. The maximum atomic E-state index is 13.8. The number of piperidine rings is 1. The van der Waals surface area contributed by atoms with Gasteiger partial charge in [-0.3, -0.25) is 4.79 Å². The number of sulfonamides is 1. The average molecular weight is 550 g/mol. The van der Waals surface area contributed by atoms with Gasteiger partial charge in [-0.2, -0.15) is 22.6 Å². The molecule has 4 heterocycles. The Morgan fingerprint density at radius 2 is 1.63 bits per heavy atom. The fourth-order valence-corrected chi connectivity index (χ4v) is 6.77. The second kappa shape index (κ2) is 9.88. The lowest BCUT2D eigenvalue weighted by Gasteiger charge is -2.31. The molecule has 0 bridgehead atoms. The summed E-state index contributed by atoms with van der Waals surface area (Å²) in [5.41, 5.74) is 0.209. The molecule has 0 spiro atoms. The quantitative estimate of drug-likeness (QED) is 0.476. The van der Waals surface area contributed by atoms with Crippen molar-refractivity contribution in [3.63, 3.8) is 0 Å². The Morgan fingerprint density at radius 1 is 1.00 bits per heavy atom. The van der Waals surface area contributed by atoms with E-state index < -0.39 is 33.4 Å². The van der Waals surface area contributed by atoms with Gasteiger partial charge in [0.05, 0.1) is 16.0 Å². The summed E-state index contributed by atoms with van der Waals surface area (Å²) in [6.07, 6.45) is -0.753. The minimum Gasteiger partial charge on any atom is -0.378 e. The van der Waals surface area contributed by atoms with E-state index in [4.69, 9.17) is 0 Å². The minimum absolute atomic E-state index is 0.0541. The van der Waals surface area contributed by atoms with Gasteiger partial charge in [-0.15, -0.1) is 0 Å². The van der Waals surface area contributed by atoms with E-state index in [0.29, 0.717) is 39.0 Å². The van der Waals surface area contributed by atoms with Gasteiger partial charge in [-0.05, 0) is 73.6 Å². The lowest BCUT2D eigenvalue weighted by molar-refractivity contribution is -0.141. The van der Waals surface area contributed by atoms with Gasteiger partial charge >= 0.3 is 6.18 Å². The molecular weight excluding hydrogens is 519 g/mol. The zero-order valence-electron chi connectivity index (χ0n) is 21.3. The van der Waals surface area contributed by atoms with Crippen LogP contribution in [0, 0.1) is 0 Å². The van der Waals surface area contributed by atoms with Gasteiger partial charge in [-0.1, -0.05) is 0 Å². The number of halogens is 3. The summed E-state index contributed by atoms with van der Waals surface area (Å²) in [5, 5.41) is 3.71. The molecule has 1 amide bonds. The van der Waals surface area contributed by atoms with Gasteiger partial charge < -0.3 is 9.80 Å². The maximum Gasteiger partial charge on any atom is 0.436 e. The van der Waals surface area contributed by atoms with E-state index in [-0.39, 0.29) is 16.3 Å². The van der Waals surface area contributed by atoms with Crippen molar-refractivity contribution in [3.8, 4) is 0 Å². The number of fused-ring (bicyclic) bond motifs is 1. The molecule has 5 rings (SSSR count). The number of benzene rings is 1. The van der Waals surface area contributed by atoms with Crippen molar-refractivity contribution in [2.24, 2.45) is 0 Å². The average Bonchev–Trinajstić information content (AvgIpc) is 3.56. The third-order valence-corrected chi connectivity index (χ3v) is 9.36. The van der Waals surface area contributed by atoms with Gasteiger partial charge in [0.2, 0.25) is 10.0 Å². The van der Waals surface area contributed by atoms with Crippen molar-refractivity contribution >= 4 is 27.1 Å². The molecule has 38 heavy (non-hydrogen) atoms. The molecule has 8 nitrogen and oxygen atoms in total. The molecule has 0 saturated carbocycles. The fourth-order valence-electron chi connectivity index (χ4n) is 5.30. The zero-order valence-corrected chi connectivity index (χ0v) is 22.1. The van der Waals surface area contributed by atoms with Crippen LogP contribution in [-0.4, -0.2) is 73.4 Å². The second-order valence-corrected chi connectivity index (χ2v) is 12.0. The van der Waals surface area contributed by atoms with Crippen LogP contribution in [0.1, 0.15) is 53.2 Å². The summed E-state index contributed by atoms with van der Waals surface area (Å²) in [6.45, 7) is 1.44. The van der Waals surface area contributed by atoms with Crippen LogP contribution in [-0.2, 0) is 16.2 Å². The normalized spacial score (nSPS) is 17.9. The number of aromatic nitrogens is 2. The Balaban J connectivity index is 1.39. The van der Waals surface area contributed by atoms with Gasteiger partial charge in [0.1, 0.15) is 0 Å². The molecule has 2 aliphatic heterocycles. The Bertz CT molecular complexity index is 1440. The highest BCUT2D eigenvalue weighted by Gasteiger charge is 2.42. The number of nitrogens with zero attached hydrogens (tertiary/aromatic N) is 5. The van der Waals surface area contributed by atoms with E-state index in [1.54, 1.807) is 36.4 Å². The smallest absolute Gasteiger partial charge is 0.378 e. The molecule has 2 fully saturated rings. The molecule has 0 unspecified atom stereocenters. The van der Waals surface area contributed by atoms with Gasteiger partial charge in [-0.25, -0.2) is 12.9 Å². The van der Waals surface area contributed by atoms with Crippen LogP contribution in [0.5, 0.6) is 0 Å². The van der Waals surface area contributed by atoms with Crippen LogP contribution in [0.2, 0.25) is 0 Å². The Hall–Kier alpha value is -3.12. The minimum atomic E-state index is -4.76. The number of pyridine rings is 1. The number of rotatable bonds is 5. The third kappa shape index (κ3) is 4.86. The van der Waals surface area contributed by atoms with Crippen molar-refractivity contribution in [3.05, 3.63) is 59.4 Å². The summed E-state index contributed by atoms with van der Waals surface area (Å²) >= 11 is 0. The van der Waals surface area contributed by atoms with Crippen molar-refractivity contribution < 1.29 is 26.4 Å². The number of hydrogen-bond donors (Lipinski definition) is 0. The molecule has 2 aliphatic rings. The third-order valence-electron chi connectivity index (χ3n) is 7.45. The van der Waals surface area contributed by atoms with Crippen molar-refractivity contribution in [1.82, 2.24) is 18.8 Å². The first-order chi connectivity index (χ1) is 18.0. The molecule has 0 atom stereocenters. The summed E-state index contributed by atoms with van der Waals surface area (Å²) < 4.78 is 70.4. The van der Waals surface area contributed by atoms with E-state index >= 15 is 0 Å². The second-order valence-electron chi connectivity index (χ2n) is 10.1. The Kier molecular flexibility index (Phi) is 6.89. The number of alkyl halides is 3. The predicted octanol–water partition coefficient (Wildman–Crippen LogP) is 4.22. The number of likely N-dealkylation sites (tertiary alicyclic amines) is 1. The summed E-state index contributed by atoms with van der Waals surface area (Å²) in [6, 6.07) is 10.0. The van der Waals surface area contributed by atoms with E-state index in [0.717, 1.165) is 28.6 Å². The van der Waals surface area contributed by atoms with Crippen LogP contribution < -0.4 is 4.90 Å². The lowest BCUT2D eigenvalue weighted by Crippen LogP contribution is -2.37. The SMILES string of the molecule is CN(C)c1ccc(S(=O)(=O)N2CCC(c3ccn4nc(C(F)(F)F)c(C(=O)N5CCCC5)c4c3)CC2)cc1. The van der Waals surface area contributed by atoms with Crippen LogP contribution in [0.25, 0.3) is 5.52 Å². The molecule has 1 aromatic carbocycles. The first-order valence-corrected chi connectivity index (χ1v) is 14.1. The topological polar surface area (TPSA) is 78.2 Å². The van der Waals surface area contributed by atoms with Gasteiger partial charge in [0.25, 0.3) is 5.91 Å². The summed E-state index contributed by atoms with van der Waals surface area (Å²) in [4.78, 5) is 16.7. The first kappa shape index (κ1) is 26.5. The Labute approximate surface area is 219 Å². The molecule has 0 N–H and O–H groups in total. The van der Waals surface area contributed by atoms with E-state index in [9.17, 15) is 26.4 Å². The number of carbonyl (C=O) groups is 1.